The van der Waals surface area contributed by atoms with Crippen LogP contribution in [0.2, 0.25) is 0 Å². The summed E-state index contributed by atoms with van der Waals surface area (Å²) < 4.78 is 33.5. The first-order valence-corrected chi connectivity index (χ1v) is 11.4. The number of hydrogen-bond acceptors (Lipinski definition) is 7. The van der Waals surface area contributed by atoms with Crippen LogP contribution in [0.4, 0.5) is 0 Å². The third-order valence-corrected chi connectivity index (χ3v) is 5.87. The van der Waals surface area contributed by atoms with Crippen molar-refractivity contribution in [2.75, 3.05) is 14.2 Å². The van der Waals surface area contributed by atoms with E-state index in [2.05, 4.69) is 15.0 Å². The molecule has 0 unspecified atom stereocenters. The fourth-order valence-electron chi connectivity index (χ4n) is 3.58. The van der Waals surface area contributed by atoms with Gasteiger partial charge in [0.1, 0.15) is 6.33 Å². The first-order chi connectivity index (χ1) is 15.3. The highest BCUT2D eigenvalue weighted by Gasteiger charge is 2.14. The molecule has 0 aliphatic heterocycles. The molecule has 0 amide bonds. The number of pyridine rings is 1. The Bertz CT molecular complexity index is 1400. The highest BCUT2D eigenvalue weighted by Crippen LogP contribution is 2.36. The predicted octanol–water partition coefficient (Wildman–Crippen LogP) is 3.47. The third kappa shape index (κ3) is 4.39. The van der Waals surface area contributed by atoms with Crippen molar-refractivity contribution >= 4 is 20.9 Å². The van der Waals surface area contributed by atoms with Crippen LogP contribution in [0, 0.1) is 6.92 Å². The lowest BCUT2D eigenvalue weighted by Crippen LogP contribution is -2.14. The zero-order valence-electron chi connectivity index (χ0n) is 17.9. The number of hydrogen-bond donors (Lipinski definition) is 1. The number of benzene rings is 2. The van der Waals surface area contributed by atoms with E-state index in [1.165, 1.54) is 6.33 Å². The molecule has 2 N–H and O–H groups in total. The molecule has 4 aromatic rings. The van der Waals surface area contributed by atoms with Crippen LogP contribution in [0.5, 0.6) is 11.6 Å². The average molecular weight is 451 g/mol. The molecule has 9 heteroatoms. The van der Waals surface area contributed by atoms with Crippen LogP contribution in [0.25, 0.3) is 33.2 Å². The monoisotopic (exact) mass is 450 g/mol. The van der Waals surface area contributed by atoms with Crippen molar-refractivity contribution in [1.82, 2.24) is 15.0 Å². The number of sulfonamides is 1. The second kappa shape index (κ2) is 8.52. The maximum atomic E-state index is 11.4. The lowest BCUT2D eigenvalue weighted by atomic mass is 9.95. The average Bonchev–Trinajstić information content (AvgIpc) is 2.78. The number of aryl methyl sites for hydroxylation is 1. The van der Waals surface area contributed by atoms with E-state index >= 15 is 0 Å². The van der Waals surface area contributed by atoms with Crippen molar-refractivity contribution < 1.29 is 17.9 Å². The number of ether oxygens (including phenoxy) is 2. The Balaban J connectivity index is 1.89. The van der Waals surface area contributed by atoms with Crippen molar-refractivity contribution in [1.29, 1.82) is 0 Å². The lowest BCUT2D eigenvalue weighted by Gasteiger charge is -2.13. The topological polar surface area (TPSA) is 117 Å². The number of primary sulfonamides is 1. The maximum Gasteiger partial charge on any atom is 0.256 e. The Kier molecular flexibility index (Phi) is 5.77. The zero-order chi connectivity index (χ0) is 22.9. The van der Waals surface area contributed by atoms with E-state index in [9.17, 15) is 8.42 Å². The van der Waals surface area contributed by atoms with E-state index in [0.717, 1.165) is 38.9 Å². The van der Waals surface area contributed by atoms with Crippen molar-refractivity contribution in [2.24, 2.45) is 5.14 Å². The summed E-state index contributed by atoms with van der Waals surface area (Å²) in [5.74, 6) is 0.717. The first-order valence-electron chi connectivity index (χ1n) is 9.72. The second-order valence-electron chi connectivity index (χ2n) is 7.32. The van der Waals surface area contributed by atoms with Crippen LogP contribution in [0.15, 0.2) is 55.0 Å². The summed E-state index contributed by atoms with van der Waals surface area (Å²) in [6, 6.07) is 13.1. The molecule has 32 heavy (non-hydrogen) atoms. The Morgan fingerprint density at radius 1 is 0.906 bits per heavy atom. The number of rotatable bonds is 6. The van der Waals surface area contributed by atoms with Gasteiger partial charge in [0.05, 0.1) is 25.5 Å². The SMILES string of the molecule is COc1cc(-c2cc(-c3ccc(CS(N)(=O)=O)cc3)c3ncnc(C)c3c2)cnc1OC. The Labute approximate surface area is 186 Å². The fraction of sp³-hybridized carbons (Fsp3) is 0.174. The Morgan fingerprint density at radius 3 is 2.31 bits per heavy atom. The minimum absolute atomic E-state index is 0.216. The summed E-state index contributed by atoms with van der Waals surface area (Å²) in [7, 11) is -0.493. The molecule has 4 rings (SSSR count). The van der Waals surface area contributed by atoms with E-state index in [1.54, 1.807) is 32.5 Å². The van der Waals surface area contributed by atoms with Crippen LogP contribution < -0.4 is 14.6 Å². The van der Waals surface area contributed by atoms with Crippen LogP contribution in [0.3, 0.4) is 0 Å². The summed E-state index contributed by atoms with van der Waals surface area (Å²) in [5.41, 5.74) is 5.80. The molecule has 2 aromatic carbocycles. The third-order valence-electron chi connectivity index (χ3n) is 5.14. The minimum atomic E-state index is -3.60. The van der Waals surface area contributed by atoms with Crippen LogP contribution in [-0.2, 0) is 15.8 Å². The molecule has 8 nitrogen and oxygen atoms in total. The zero-order valence-corrected chi connectivity index (χ0v) is 18.7. The molecule has 0 saturated heterocycles. The van der Waals surface area contributed by atoms with E-state index in [0.29, 0.717) is 17.2 Å². The van der Waals surface area contributed by atoms with Gasteiger partial charge in [-0.2, -0.15) is 0 Å². The maximum absolute atomic E-state index is 11.4. The van der Waals surface area contributed by atoms with Crippen molar-refractivity contribution in [2.45, 2.75) is 12.7 Å². The van der Waals surface area contributed by atoms with Gasteiger partial charge in [-0.05, 0) is 41.8 Å². The second-order valence-corrected chi connectivity index (χ2v) is 8.93. The molecular formula is C23H22N4O4S. The molecule has 0 radical (unpaired) electrons. The molecular weight excluding hydrogens is 428 g/mol. The summed E-state index contributed by atoms with van der Waals surface area (Å²) in [5, 5.41) is 6.07. The summed E-state index contributed by atoms with van der Waals surface area (Å²) in [4.78, 5) is 13.2. The highest BCUT2D eigenvalue weighted by atomic mass is 32.2. The normalized spacial score (nSPS) is 11.5. The number of methoxy groups -OCH3 is 2. The molecule has 0 spiro atoms. The van der Waals surface area contributed by atoms with Gasteiger partial charge in [0, 0.05) is 28.4 Å². The molecule has 0 bridgehead atoms. The van der Waals surface area contributed by atoms with E-state index < -0.39 is 10.0 Å². The molecule has 0 fully saturated rings. The molecule has 2 aromatic heterocycles. The standard InChI is InChI=1S/C23H22N4O4S/c1-14-19-8-17(18-10-21(30-2)23(31-3)25-11-18)9-20(22(19)27-13-26-14)16-6-4-15(5-7-16)12-32(24,28)29/h4-11,13H,12H2,1-3H3,(H2,24,28,29). The van der Waals surface area contributed by atoms with Gasteiger partial charge in [-0.3, -0.25) is 0 Å². The molecule has 0 aliphatic rings. The smallest absolute Gasteiger partial charge is 0.256 e. The quantitative estimate of drug-likeness (QED) is 0.478. The van der Waals surface area contributed by atoms with E-state index in [1.807, 2.05) is 37.3 Å². The molecule has 2 heterocycles. The number of fused-ring (bicyclic) bond motifs is 1. The van der Waals surface area contributed by atoms with Crippen molar-refractivity contribution in [3.8, 4) is 33.9 Å². The molecule has 0 atom stereocenters. The van der Waals surface area contributed by atoms with Gasteiger partial charge in [0.2, 0.25) is 10.0 Å². The molecule has 0 saturated carbocycles. The number of nitrogens with zero attached hydrogens (tertiary/aromatic N) is 3. The van der Waals surface area contributed by atoms with Crippen molar-refractivity contribution in [3.63, 3.8) is 0 Å². The van der Waals surface area contributed by atoms with Gasteiger partial charge >= 0.3 is 0 Å². The largest absolute Gasteiger partial charge is 0.491 e. The van der Waals surface area contributed by atoms with Gasteiger partial charge in [-0.15, -0.1) is 0 Å². The highest BCUT2D eigenvalue weighted by molar-refractivity contribution is 7.88. The van der Waals surface area contributed by atoms with Crippen LogP contribution in [0.1, 0.15) is 11.3 Å². The van der Waals surface area contributed by atoms with Gasteiger partial charge in [-0.25, -0.2) is 28.5 Å². The number of aromatic nitrogens is 3. The van der Waals surface area contributed by atoms with Gasteiger partial charge < -0.3 is 9.47 Å². The van der Waals surface area contributed by atoms with Crippen LogP contribution >= 0.6 is 0 Å². The van der Waals surface area contributed by atoms with Gasteiger partial charge in [-0.1, -0.05) is 24.3 Å². The molecule has 164 valence electrons. The predicted molar refractivity (Wildman–Crippen MR) is 123 cm³/mol. The Morgan fingerprint density at radius 2 is 1.66 bits per heavy atom. The summed E-state index contributed by atoms with van der Waals surface area (Å²) in [6.07, 6.45) is 3.26. The van der Waals surface area contributed by atoms with E-state index in [-0.39, 0.29) is 5.75 Å². The summed E-state index contributed by atoms with van der Waals surface area (Å²) in [6.45, 7) is 1.93. The minimum Gasteiger partial charge on any atom is -0.491 e. The fourth-order valence-corrected chi connectivity index (χ4v) is 4.24. The number of nitrogens with two attached hydrogens (primary N) is 1. The first kappa shape index (κ1) is 21.7. The van der Waals surface area contributed by atoms with Gasteiger partial charge in [0.15, 0.2) is 5.75 Å². The lowest BCUT2D eigenvalue weighted by molar-refractivity contribution is 0.343. The van der Waals surface area contributed by atoms with Gasteiger partial charge in [0.25, 0.3) is 5.88 Å². The summed E-state index contributed by atoms with van der Waals surface area (Å²) >= 11 is 0. The van der Waals surface area contributed by atoms with E-state index in [4.69, 9.17) is 14.6 Å². The van der Waals surface area contributed by atoms with Crippen molar-refractivity contribution in [3.05, 3.63) is 66.2 Å². The molecule has 0 aliphatic carbocycles. The Hall–Kier alpha value is -3.56. The van der Waals surface area contributed by atoms with Crippen LogP contribution in [-0.4, -0.2) is 37.6 Å².